The van der Waals surface area contributed by atoms with Crippen LogP contribution in [0, 0.1) is 0 Å². The molecule has 1 N–H and O–H groups in total. The van der Waals surface area contributed by atoms with E-state index in [0.717, 1.165) is 31.2 Å². The zero-order chi connectivity index (χ0) is 13.2. The second kappa shape index (κ2) is 5.01. The van der Waals surface area contributed by atoms with Gasteiger partial charge in [0.15, 0.2) is 0 Å². The molecule has 0 saturated carbocycles. The molecule has 3 nitrogen and oxygen atoms in total. The van der Waals surface area contributed by atoms with E-state index in [-0.39, 0.29) is 5.54 Å². The molecule has 1 aromatic carbocycles. The number of carbonyl (C=O) groups is 1. The molecule has 0 saturated heterocycles. The summed E-state index contributed by atoms with van der Waals surface area (Å²) in [5.74, 6) is 0. The first-order valence-electron chi connectivity index (χ1n) is 6.64. The van der Waals surface area contributed by atoms with Gasteiger partial charge in [0.2, 0.25) is 0 Å². The molecule has 0 fully saturated rings. The van der Waals surface area contributed by atoms with Gasteiger partial charge < -0.3 is 5.11 Å². The highest BCUT2D eigenvalue weighted by molar-refractivity contribution is 5.67. The number of hydrogen-bond donors (Lipinski definition) is 1. The van der Waals surface area contributed by atoms with E-state index in [0.29, 0.717) is 6.54 Å². The van der Waals surface area contributed by atoms with Crippen molar-refractivity contribution >= 4 is 6.09 Å². The van der Waals surface area contributed by atoms with Crippen molar-refractivity contribution in [3.8, 4) is 0 Å². The van der Waals surface area contributed by atoms with Crippen LogP contribution in [0.2, 0.25) is 0 Å². The van der Waals surface area contributed by atoms with Gasteiger partial charge in [0.05, 0.1) is 0 Å². The molecule has 1 unspecified atom stereocenters. The summed E-state index contributed by atoms with van der Waals surface area (Å²) < 4.78 is 0. The molecule has 98 valence electrons. The number of rotatable bonds is 3. The standard InChI is InChI=1S/C15H21NO2/c1-3-4-9-15(2)10-12-7-5-6-8-13(12)11-16(15)14(17)18/h5-8H,3-4,9-11H2,1-2H3,(H,17,18). The maximum absolute atomic E-state index is 11.5. The van der Waals surface area contributed by atoms with Gasteiger partial charge in [-0.15, -0.1) is 0 Å². The predicted molar refractivity (Wildman–Crippen MR) is 71.6 cm³/mol. The van der Waals surface area contributed by atoms with Crippen molar-refractivity contribution in [1.29, 1.82) is 0 Å². The van der Waals surface area contributed by atoms with Crippen LogP contribution in [-0.4, -0.2) is 21.6 Å². The van der Waals surface area contributed by atoms with E-state index in [2.05, 4.69) is 19.9 Å². The minimum Gasteiger partial charge on any atom is -0.465 e. The SMILES string of the molecule is CCCCC1(C)Cc2ccccc2CN1C(=O)O. The van der Waals surface area contributed by atoms with Gasteiger partial charge in [0.25, 0.3) is 0 Å². The van der Waals surface area contributed by atoms with Crippen LogP contribution < -0.4 is 0 Å². The second-order valence-electron chi connectivity index (χ2n) is 5.41. The molecule has 1 aliphatic heterocycles. The summed E-state index contributed by atoms with van der Waals surface area (Å²) in [6.45, 7) is 4.74. The Labute approximate surface area is 108 Å². The Morgan fingerprint density at radius 1 is 1.39 bits per heavy atom. The molecule has 2 rings (SSSR count). The first kappa shape index (κ1) is 12.9. The van der Waals surface area contributed by atoms with Crippen LogP contribution in [0.25, 0.3) is 0 Å². The van der Waals surface area contributed by atoms with Crippen molar-refractivity contribution in [1.82, 2.24) is 4.90 Å². The molecule has 0 aliphatic carbocycles. The Morgan fingerprint density at radius 3 is 2.67 bits per heavy atom. The number of carboxylic acid groups (broad SMARTS) is 1. The third-order valence-electron chi connectivity index (χ3n) is 3.97. The zero-order valence-electron chi connectivity index (χ0n) is 11.1. The number of benzene rings is 1. The van der Waals surface area contributed by atoms with Gasteiger partial charge >= 0.3 is 6.09 Å². The van der Waals surface area contributed by atoms with Gasteiger partial charge in [-0.25, -0.2) is 4.79 Å². The Morgan fingerprint density at radius 2 is 2.06 bits per heavy atom. The largest absolute Gasteiger partial charge is 0.465 e. The molecular weight excluding hydrogens is 226 g/mol. The summed E-state index contributed by atoms with van der Waals surface area (Å²) in [5.41, 5.74) is 2.19. The minimum atomic E-state index is -0.803. The normalized spacial score (nSPS) is 22.7. The maximum atomic E-state index is 11.5. The van der Waals surface area contributed by atoms with Gasteiger partial charge in [-0.1, -0.05) is 44.0 Å². The summed E-state index contributed by atoms with van der Waals surface area (Å²) >= 11 is 0. The maximum Gasteiger partial charge on any atom is 0.408 e. The summed E-state index contributed by atoms with van der Waals surface area (Å²) in [7, 11) is 0. The molecule has 18 heavy (non-hydrogen) atoms. The van der Waals surface area contributed by atoms with Crippen LogP contribution >= 0.6 is 0 Å². The minimum absolute atomic E-state index is 0.254. The number of unbranched alkanes of at least 4 members (excludes halogenated alkanes) is 1. The van der Waals surface area contributed by atoms with E-state index in [1.807, 2.05) is 18.2 Å². The summed E-state index contributed by atoms with van der Waals surface area (Å²) in [6.07, 6.45) is 3.13. The van der Waals surface area contributed by atoms with Crippen LogP contribution in [0.5, 0.6) is 0 Å². The second-order valence-corrected chi connectivity index (χ2v) is 5.41. The third kappa shape index (κ3) is 2.35. The van der Waals surface area contributed by atoms with Gasteiger partial charge in [-0.2, -0.15) is 0 Å². The van der Waals surface area contributed by atoms with E-state index in [9.17, 15) is 9.90 Å². The summed E-state index contributed by atoms with van der Waals surface area (Å²) in [5, 5.41) is 9.42. The highest BCUT2D eigenvalue weighted by Gasteiger charge is 2.38. The molecule has 0 radical (unpaired) electrons. The number of nitrogens with zero attached hydrogens (tertiary/aromatic N) is 1. The van der Waals surface area contributed by atoms with E-state index < -0.39 is 6.09 Å². The monoisotopic (exact) mass is 247 g/mol. The third-order valence-corrected chi connectivity index (χ3v) is 3.97. The quantitative estimate of drug-likeness (QED) is 0.885. The Balaban J connectivity index is 2.31. The van der Waals surface area contributed by atoms with Crippen LogP contribution in [-0.2, 0) is 13.0 Å². The van der Waals surface area contributed by atoms with E-state index in [1.54, 1.807) is 4.90 Å². The van der Waals surface area contributed by atoms with Crippen molar-refractivity contribution in [2.24, 2.45) is 0 Å². The molecular formula is C15H21NO2. The lowest BCUT2D eigenvalue weighted by Crippen LogP contribution is -2.52. The van der Waals surface area contributed by atoms with Crippen LogP contribution in [0.15, 0.2) is 24.3 Å². The van der Waals surface area contributed by atoms with Gasteiger partial charge in [-0.05, 0) is 30.9 Å². The Bertz CT molecular complexity index is 444. The summed E-state index contributed by atoms with van der Waals surface area (Å²) in [6, 6.07) is 8.17. The van der Waals surface area contributed by atoms with Gasteiger partial charge in [0, 0.05) is 12.1 Å². The zero-order valence-corrected chi connectivity index (χ0v) is 11.1. The highest BCUT2D eigenvalue weighted by Crippen LogP contribution is 2.34. The number of hydrogen-bond acceptors (Lipinski definition) is 1. The van der Waals surface area contributed by atoms with Gasteiger partial charge in [-0.3, -0.25) is 4.90 Å². The van der Waals surface area contributed by atoms with Crippen LogP contribution in [0.1, 0.15) is 44.2 Å². The van der Waals surface area contributed by atoms with Crippen molar-refractivity contribution in [3.05, 3.63) is 35.4 Å². The molecule has 1 atom stereocenters. The van der Waals surface area contributed by atoms with Crippen LogP contribution in [0.3, 0.4) is 0 Å². The molecule has 3 heteroatoms. The van der Waals surface area contributed by atoms with Crippen molar-refractivity contribution in [2.75, 3.05) is 0 Å². The molecule has 0 spiro atoms. The fourth-order valence-corrected chi connectivity index (χ4v) is 2.83. The van der Waals surface area contributed by atoms with Crippen molar-refractivity contribution < 1.29 is 9.90 Å². The van der Waals surface area contributed by atoms with Crippen molar-refractivity contribution in [3.63, 3.8) is 0 Å². The van der Waals surface area contributed by atoms with Crippen molar-refractivity contribution in [2.45, 2.75) is 51.6 Å². The molecule has 1 amide bonds. The first-order valence-corrected chi connectivity index (χ1v) is 6.64. The number of amides is 1. The molecule has 1 heterocycles. The molecule has 0 aromatic heterocycles. The molecule has 0 bridgehead atoms. The topological polar surface area (TPSA) is 40.5 Å². The van der Waals surface area contributed by atoms with Gasteiger partial charge in [0.1, 0.15) is 0 Å². The van der Waals surface area contributed by atoms with E-state index >= 15 is 0 Å². The Hall–Kier alpha value is -1.51. The fraction of sp³-hybridized carbons (Fsp3) is 0.533. The lowest BCUT2D eigenvalue weighted by molar-refractivity contribution is 0.0639. The van der Waals surface area contributed by atoms with E-state index in [1.165, 1.54) is 5.56 Å². The lowest BCUT2D eigenvalue weighted by Gasteiger charge is -2.44. The lowest BCUT2D eigenvalue weighted by atomic mass is 9.81. The predicted octanol–water partition coefficient (Wildman–Crippen LogP) is 3.67. The van der Waals surface area contributed by atoms with E-state index in [4.69, 9.17) is 0 Å². The Kier molecular flexibility index (Phi) is 3.60. The first-order chi connectivity index (χ1) is 8.57. The smallest absolute Gasteiger partial charge is 0.408 e. The van der Waals surface area contributed by atoms with Crippen LogP contribution in [0.4, 0.5) is 4.79 Å². The molecule has 1 aromatic rings. The molecule has 1 aliphatic rings. The average Bonchev–Trinajstić information content (AvgIpc) is 2.35. The summed E-state index contributed by atoms with van der Waals surface area (Å²) in [4.78, 5) is 13.1. The number of fused-ring (bicyclic) bond motifs is 1. The highest BCUT2D eigenvalue weighted by atomic mass is 16.4. The fourth-order valence-electron chi connectivity index (χ4n) is 2.83. The average molecular weight is 247 g/mol.